The summed E-state index contributed by atoms with van der Waals surface area (Å²) < 4.78 is 0. The SMILES string of the molecule is Cc1nc(C)c(CNC(=O)c2cncc3c2CCN(C(=O)N(C)C)C3)c(C)n1. The largest absolute Gasteiger partial charge is 0.348 e. The van der Waals surface area contributed by atoms with Crippen molar-refractivity contribution < 1.29 is 9.59 Å². The second-order valence-electron chi connectivity index (χ2n) is 7.28. The van der Waals surface area contributed by atoms with Gasteiger partial charge in [-0.2, -0.15) is 0 Å². The van der Waals surface area contributed by atoms with Gasteiger partial charge in [-0.05, 0) is 38.3 Å². The lowest BCUT2D eigenvalue weighted by molar-refractivity contribution is 0.0948. The van der Waals surface area contributed by atoms with Gasteiger partial charge in [0.2, 0.25) is 0 Å². The molecular weight excluding hydrogens is 356 g/mol. The second-order valence-corrected chi connectivity index (χ2v) is 7.28. The summed E-state index contributed by atoms with van der Waals surface area (Å²) in [5.74, 6) is 0.555. The minimum absolute atomic E-state index is 0.0363. The third-order valence-electron chi connectivity index (χ3n) is 5.00. The molecule has 0 spiro atoms. The fourth-order valence-corrected chi connectivity index (χ4v) is 3.56. The maximum absolute atomic E-state index is 12.8. The Morgan fingerprint density at radius 1 is 1.14 bits per heavy atom. The first-order chi connectivity index (χ1) is 13.3. The van der Waals surface area contributed by atoms with Gasteiger partial charge < -0.3 is 15.1 Å². The summed E-state index contributed by atoms with van der Waals surface area (Å²) in [5, 5.41) is 2.97. The van der Waals surface area contributed by atoms with E-state index in [1.165, 1.54) is 0 Å². The summed E-state index contributed by atoms with van der Waals surface area (Å²) >= 11 is 0. The Labute approximate surface area is 165 Å². The lowest BCUT2D eigenvalue weighted by Gasteiger charge is -2.31. The van der Waals surface area contributed by atoms with Crippen molar-refractivity contribution in [3.63, 3.8) is 0 Å². The molecule has 1 aliphatic heterocycles. The van der Waals surface area contributed by atoms with Gasteiger partial charge in [-0.3, -0.25) is 9.78 Å². The van der Waals surface area contributed by atoms with Gasteiger partial charge in [-0.15, -0.1) is 0 Å². The number of aromatic nitrogens is 3. The number of rotatable bonds is 3. The molecule has 0 aliphatic carbocycles. The third-order valence-corrected chi connectivity index (χ3v) is 5.00. The molecule has 0 fully saturated rings. The molecule has 1 N–H and O–H groups in total. The van der Waals surface area contributed by atoms with Crippen LogP contribution in [-0.2, 0) is 19.5 Å². The minimum Gasteiger partial charge on any atom is -0.348 e. The van der Waals surface area contributed by atoms with Crippen LogP contribution >= 0.6 is 0 Å². The van der Waals surface area contributed by atoms with Crippen LogP contribution in [0.5, 0.6) is 0 Å². The number of hydrogen-bond donors (Lipinski definition) is 1. The molecule has 0 aromatic carbocycles. The number of amides is 3. The van der Waals surface area contributed by atoms with Gasteiger partial charge in [0.15, 0.2) is 0 Å². The predicted octanol–water partition coefficient (Wildman–Crippen LogP) is 1.77. The smallest absolute Gasteiger partial charge is 0.319 e. The summed E-state index contributed by atoms with van der Waals surface area (Å²) in [5.41, 5.74) is 5.12. The number of aryl methyl sites for hydroxylation is 3. The first-order valence-electron chi connectivity index (χ1n) is 9.28. The van der Waals surface area contributed by atoms with Crippen LogP contribution in [0, 0.1) is 20.8 Å². The van der Waals surface area contributed by atoms with E-state index in [1.807, 2.05) is 20.8 Å². The number of carbonyl (C=O) groups excluding carboxylic acids is 2. The zero-order chi connectivity index (χ0) is 20.4. The van der Waals surface area contributed by atoms with E-state index < -0.39 is 0 Å². The van der Waals surface area contributed by atoms with Crippen molar-refractivity contribution in [2.24, 2.45) is 0 Å². The van der Waals surface area contributed by atoms with Gasteiger partial charge in [-0.25, -0.2) is 14.8 Å². The summed E-state index contributed by atoms with van der Waals surface area (Å²) in [6, 6.07) is -0.0363. The van der Waals surface area contributed by atoms with E-state index in [-0.39, 0.29) is 11.9 Å². The zero-order valence-electron chi connectivity index (χ0n) is 17.0. The molecule has 148 valence electrons. The van der Waals surface area contributed by atoms with Crippen molar-refractivity contribution in [1.82, 2.24) is 30.1 Å². The average molecular weight is 382 g/mol. The molecule has 0 bridgehead atoms. The van der Waals surface area contributed by atoms with Crippen molar-refractivity contribution in [3.05, 3.63) is 51.9 Å². The van der Waals surface area contributed by atoms with Crippen molar-refractivity contribution in [2.75, 3.05) is 20.6 Å². The quantitative estimate of drug-likeness (QED) is 0.874. The Morgan fingerprint density at radius 3 is 2.46 bits per heavy atom. The predicted molar refractivity (Wildman–Crippen MR) is 105 cm³/mol. The van der Waals surface area contributed by atoms with E-state index in [2.05, 4.69) is 20.3 Å². The zero-order valence-corrected chi connectivity index (χ0v) is 17.0. The first-order valence-corrected chi connectivity index (χ1v) is 9.28. The molecule has 1 aliphatic rings. The molecule has 0 atom stereocenters. The molecule has 3 rings (SSSR count). The van der Waals surface area contributed by atoms with Crippen molar-refractivity contribution in [1.29, 1.82) is 0 Å². The summed E-state index contributed by atoms with van der Waals surface area (Å²) in [6.45, 7) is 7.11. The normalized spacial score (nSPS) is 13.1. The van der Waals surface area contributed by atoms with Crippen molar-refractivity contribution in [3.8, 4) is 0 Å². The standard InChI is InChI=1S/C20H26N6O2/c1-12-17(13(2)24-14(3)23-12)10-22-19(27)18-9-21-8-15-11-26(7-6-16(15)18)20(28)25(4)5/h8-9H,6-7,10-11H2,1-5H3,(H,22,27). The number of pyridine rings is 1. The van der Waals surface area contributed by atoms with E-state index >= 15 is 0 Å². The maximum atomic E-state index is 12.8. The van der Waals surface area contributed by atoms with Crippen LogP contribution < -0.4 is 5.32 Å². The van der Waals surface area contributed by atoms with Gasteiger partial charge in [-0.1, -0.05) is 0 Å². The molecule has 8 nitrogen and oxygen atoms in total. The molecule has 0 unspecified atom stereocenters. The molecule has 8 heteroatoms. The number of nitrogens with zero attached hydrogens (tertiary/aromatic N) is 5. The number of hydrogen-bond acceptors (Lipinski definition) is 5. The van der Waals surface area contributed by atoms with Gasteiger partial charge in [0.05, 0.1) is 5.56 Å². The van der Waals surface area contributed by atoms with Gasteiger partial charge >= 0.3 is 6.03 Å². The van der Waals surface area contributed by atoms with Gasteiger partial charge in [0, 0.05) is 63.1 Å². The summed E-state index contributed by atoms with van der Waals surface area (Å²) in [7, 11) is 3.47. The van der Waals surface area contributed by atoms with E-state index in [0.29, 0.717) is 31.6 Å². The highest BCUT2D eigenvalue weighted by molar-refractivity contribution is 5.95. The van der Waals surface area contributed by atoms with Crippen molar-refractivity contribution >= 4 is 11.9 Å². The fraction of sp³-hybridized carbons (Fsp3) is 0.450. The van der Waals surface area contributed by atoms with E-state index in [9.17, 15) is 9.59 Å². The van der Waals surface area contributed by atoms with Crippen LogP contribution in [0.1, 0.15) is 44.3 Å². The second kappa shape index (κ2) is 7.92. The van der Waals surface area contributed by atoms with E-state index in [0.717, 1.165) is 33.9 Å². The third kappa shape index (κ3) is 3.95. The lowest BCUT2D eigenvalue weighted by Crippen LogP contribution is -2.42. The molecule has 2 aromatic rings. The number of urea groups is 1. The highest BCUT2D eigenvalue weighted by Gasteiger charge is 2.25. The molecule has 0 saturated heterocycles. The highest BCUT2D eigenvalue weighted by Crippen LogP contribution is 2.22. The Bertz CT molecular complexity index is 902. The molecule has 28 heavy (non-hydrogen) atoms. The summed E-state index contributed by atoms with van der Waals surface area (Å²) in [4.78, 5) is 41.3. The Balaban J connectivity index is 1.76. The van der Waals surface area contributed by atoms with E-state index in [1.54, 1.807) is 36.3 Å². The van der Waals surface area contributed by atoms with Crippen LogP contribution in [0.15, 0.2) is 12.4 Å². The van der Waals surface area contributed by atoms with E-state index in [4.69, 9.17) is 0 Å². The minimum atomic E-state index is -0.170. The van der Waals surface area contributed by atoms with Crippen LogP contribution in [0.3, 0.4) is 0 Å². The Hall–Kier alpha value is -3.03. The lowest BCUT2D eigenvalue weighted by atomic mass is 9.96. The Kier molecular flexibility index (Phi) is 5.58. The molecule has 3 heterocycles. The first kappa shape index (κ1) is 19.7. The number of carbonyl (C=O) groups is 2. The summed E-state index contributed by atoms with van der Waals surface area (Å²) in [6.07, 6.45) is 3.97. The molecule has 3 amide bonds. The topological polar surface area (TPSA) is 91.3 Å². The average Bonchev–Trinajstić information content (AvgIpc) is 2.65. The van der Waals surface area contributed by atoms with Crippen LogP contribution in [0.2, 0.25) is 0 Å². The molecule has 2 aromatic heterocycles. The van der Waals surface area contributed by atoms with Gasteiger partial charge in [0.1, 0.15) is 5.82 Å². The maximum Gasteiger partial charge on any atom is 0.319 e. The molecular formula is C20H26N6O2. The fourth-order valence-electron chi connectivity index (χ4n) is 3.56. The highest BCUT2D eigenvalue weighted by atomic mass is 16.2. The number of fused-ring (bicyclic) bond motifs is 1. The Morgan fingerprint density at radius 2 is 1.82 bits per heavy atom. The van der Waals surface area contributed by atoms with Crippen molar-refractivity contribution in [2.45, 2.75) is 40.3 Å². The number of nitrogens with one attached hydrogen (secondary N) is 1. The molecule has 0 saturated carbocycles. The van der Waals surface area contributed by atoms with Crippen LogP contribution in [0.4, 0.5) is 4.79 Å². The van der Waals surface area contributed by atoms with Crippen LogP contribution in [-0.4, -0.2) is 57.3 Å². The monoisotopic (exact) mass is 382 g/mol. The molecule has 0 radical (unpaired) electrons. The van der Waals surface area contributed by atoms with Gasteiger partial charge in [0.25, 0.3) is 5.91 Å². The van der Waals surface area contributed by atoms with Crippen LogP contribution in [0.25, 0.3) is 0 Å².